The zero-order valence-electron chi connectivity index (χ0n) is 17.8. The lowest BCUT2D eigenvalue weighted by Crippen LogP contribution is -2.23. The van der Waals surface area contributed by atoms with Crippen molar-refractivity contribution in [3.05, 3.63) is 45.5 Å². The van der Waals surface area contributed by atoms with Crippen molar-refractivity contribution in [2.75, 3.05) is 19.5 Å². The maximum absolute atomic E-state index is 12.7. The molecule has 0 bridgehead atoms. The predicted octanol–water partition coefficient (Wildman–Crippen LogP) is 2.83. The summed E-state index contributed by atoms with van der Waals surface area (Å²) in [5, 5.41) is 11.5. The van der Waals surface area contributed by atoms with Gasteiger partial charge in [-0.05, 0) is 69.7 Å². The van der Waals surface area contributed by atoms with E-state index in [1.807, 2.05) is 37.3 Å². The zero-order valence-corrected chi connectivity index (χ0v) is 19.9. The summed E-state index contributed by atoms with van der Waals surface area (Å²) in [4.78, 5) is 17.2. The van der Waals surface area contributed by atoms with Crippen molar-refractivity contribution in [1.82, 2.24) is 25.3 Å². The van der Waals surface area contributed by atoms with Gasteiger partial charge in [0.2, 0.25) is 0 Å². The second-order valence-corrected chi connectivity index (χ2v) is 7.93. The molecule has 4 aromatic rings. The van der Waals surface area contributed by atoms with E-state index in [4.69, 9.17) is 19.8 Å². The molecule has 33 heavy (non-hydrogen) atoms. The maximum Gasteiger partial charge on any atom is 0.260 e. The molecule has 4 rings (SSSR count). The van der Waals surface area contributed by atoms with Crippen LogP contribution >= 0.6 is 22.6 Å². The number of amides is 1. The lowest BCUT2D eigenvalue weighted by molar-refractivity contribution is -0.121. The van der Waals surface area contributed by atoms with E-state index in [9.17, 15) is 4.79 Å². The first-order valence-electron chi connectivity index (χ1n) is 9.87. The first kappa shape index (κ1) is 22.5. The number of rotatable bonds is 8. The summed E-state index contributed by atoms with van der Waals surface area (Å²) in [7, 11) is 1.57. The Bertz CT molecular complexity index is 1330. The first-order valence-corrected chi connectivity index (χ1v) is 11.0. The highest BCUT2D eigenvalue weighted by Crippen LogP contribution is 2.33. The van der Waals surface area contributed by atoms with Gasteiger partial charge in [-0.1, -0.05) is 12.1 Å². The molecule has 0 aliphatic heterocycles. The third-order valence-electron chi connectivity index (χ3n) is 4.63. The molecular formula is C21H20IN7O4. The van der Waals surface area contributed by atoms with Crippen LogP contribution in [0.5, 0.6) is 11.5 Å². The van der Waals surface area contributed by atoms with Gasteiger partial charge < -0.3 is 19.8 Å². The molecule has 2 aromatic carbocycles. The van der Waals surface area contributed by atoms with Crippen LogP contribution in [0.3, 0.4) is 0 Å². The molecule has 2 heterocycles. The molecule has 0 saturated heterocycles. The monoisotopic (exact) mass is 561 g/mol. The van der Waals surface area contributed by atoms with Crippen LogP contribution in [0, 0.1) is 3.57 Å². The van der Waals surface area contributed by atoms with E-state index in [0.29, 0.717) is 29.4 Å². The van der Waals surface area contributed by atoms with Gasteiger partial charge in [0.1, 0.15) is 6.54 Å². The molecule has 0 atom stereocenters. The zero-order chi connectivity index (χ0) is 23.4. The normalized spacial score (nSPS) is 11.2. The number of nitrogens with two attached hydrogens (primary N) is 1. The SMILES string of the molecule is CCOc1c(I)cc(/C=N\NC(=O)Cn2c(-c3nonc3N)nc3ccccc32)cc1OC. The summed E-state index contributed by atoms with van der Waals surface area (Å²) in [6, 6.07) is 11.0. The lowest BCUT2D eigenvalue weighted by Gasteiger charge is -2.12. The van der Waals surface area contributed by atoms with E-state index < -0.39 is 0 Å². The number of carbonyl (C=O) groups is 1. The smallest absolute Gasteiger partial charge is 0.260 e. The fraction of sp³-hybridized carbons (Fsp3) is 0.190. The Labute approximate surface area is 202 Å². The van der Waals surface area contributed by atoms with Crippen molar-refractivity contribution >= 4 is 51.6 Å². The van der Waals surface area contributed by atoms with E-state index in [0.717, 1.165) is 14.7 Å². The Morgan fingerprint density at radius 1 is 1.33 bits per heavy atom. The number of nitrogens with zero attached hydrogens (tertiary/aromatic N) is 5. The fourth-order valence-electron chi connectivity index (χ4n) is 3.22. The van der Waals surface area contributed by atoms with E-state index in [-0.39, 0.29) is 24.0 Å². The molecule has 0 aliphatic carbocycles. The largest absolute Gasteiger partial charge is 0.493 e. The molecule has 0 saturated carbocycles. The van der Waals surface area contributed by atoms with Gasteiger partial charge in [0, 0.05) is 0 Å². The van der Waals surface area contributed by atoms with Gasteiger partial charge in [0.05, 0.1) is 34.5 Å². The summed E-state index contributed by atoms with van der Waals surface area (Å²) in [6.45, 7) is 2.36. The number of aromatic nitrogens is 4. The number of halogens is 1. The number of ether oxygens (including phenoxy) is 2. The van der Waals surface area contributed by atoms with Crippen LogP contribution in [0.25, 0.3) is 22.6 Å². The number of methoxy groups -OCH3 is 1. The standard InChI is InChI=1S/C21H20IN7O4/c1-3-32-19-13(22)8-12(9-16(19)31-2)10-24-26-17(30)11-29-15-7-5-4-6-14(15)25-21(29)18-20(23)28-33-27-18/h4-10H,3,11H2,1-2H3,(H2,23,28)(H,26,30)/b24-10-. The molecule has 0 fully saturated rings. The van der Waals surface area contributed by atoms with Crippen molar-refractivity contribution in [2.24, 2.45) is 5.10 Å². The van der Waals surface area contributed by atoms with E-state index in [1.54, 1.807) is 17.7 Å². The van der Waals surface area contributed by atoms with Crippen LogP contribution in [0.1, 0.15) is 12.5 Å². The number of imidazole rings is 1. The molecule has 12 heteroatoms. The second kappa shape index (κ2) is 9.85. The minimum atomic E-state index is -0.363. The number of nitrogen functional groups attached to an aromatic ring is 1. The van der Waals surface area contributed by atoms with Crippen LogP contribution in [-0.4, -0.2) is 45.7 Å². The van der Waals surface area contributed by atoms with Crippen molar-refractivity contribution in [3.63, 3.8) is 0 Å². The van der Waals surface area contributed by atoms with Crippen molar-refractivity contribution in [3.8, 4) is 23.0 Å². The molecule has 2 aromatic heterocycles. The highest BCUT2D eigenvalue weighted by molar-refractivity contribution is 14.1. The molecule has 0 spiro atoms. The fourth-order valence-corrected chi connectivity index (χ4v) is 4.00. The molecule has 170 valence electrons. The third kappa shape index (κ3) is 4.74. The third-order valence-corrected chi connectivity index (χ3v) is 5.43. The number of carbonyl (C=O) groups excluding carboxylic acids is 1. The maximum atomic E-state index is 12.7. The van der Waals surface area contributed by atoms with Crippen LogP contribution < -0.4 is 20.6 Å². The number of anilines is 1. The average Bonchev–Trinajstić information content (AvgIpc) is 3.38. The van der Waals surface area contributed by atoms with Crippen LogP contribution in [0.2, 0.25) is 0 Å². The Morgan fingerprint density at radius 2 is 2.15 bits per heavy atom. The second-order valence-electron chi connectivity index (χ2n) is 6.77. The summed E-state index contributed by atoms with van der Waals surface area (Å²) >= 11 is 2.16. The number of hydrogen-bond acceptors (Lipinski definition) is 9. The van der Waals surface area contributed by atoms with Gasteiger partial charge in [0.15, 0.2) is 28.8 Å². The Balaban J connectivity index is 1.54. The van der Waals surface area contributed by atoms with Gasteiger partial charge in [0.25, 0.3) is 5.91 Å². The van der Waals surface area contributed by atoms with Crippen LogP contribution in [0.4, 0.5) is 5.82 Å². The Hall–Kier alpha value is -3.68. The minimum absolute atomic E-state index is 0.0659. The topological polar surface area (TPSA) is 143 Å². The summed E-state index contributed by atoms with van der Waals surface area (Å²) in [6.07, 6.45) is 1.53. The lowest BCUT2D eigenvalue weighted by atomic mass is 10.2. The molecule has 0 unspecified atom stereocenters. The number of nitrogens with one attached hydrogen (secondary N) is 1. The molecular weight excluding hydrogens is 541 g/mol. The number of hydrazone groups is 1. The summed E-state index contributed by atoms with van der Waals surface area (Å²) < 4.78 is 18.3. The molecule has 0 radical (unpaired) electrons. The van der Waals surface area contributed by atoms with Crippen molar-refractivity contribution in [1.29, 1.82) is 0 Å². The number of para-hydroxylation sites is 2. The van der Waals surface area contributed by atoms with Gasteiger partial charge in [-0.15, -0.1) is 0 Å². The minimum Gasteiger partial charge on any atom is -0.493 e. The highest BCUT2D eigenvalue weighted by atomic mass is 127. The Kier molecular flexibility index (Phi) is 6.72. The van der Waals surface area contributed by atoms with Gasteiger partial charge >= 0.3 is 0 Å². The molecule has 1 amide bonds. The summed E-state index contributed by atoms with van der Waals surface area (Å²) in [5.74, 6) is 1.36. The van der Waals surface area contributed by atoms with E-state index in [1.165, 1.54) is 6.21 Å². The average molecular weight is 561 g/mol. The number of hydrogen-bond donors (Lipinski definition) is 2. The molecule has 3 N–H and O–H groups in total. The highest BCUT2D eigenvalue weighted by Gasteiger charge is 2.20. The van der Waals surface area contributed by atoms with Crippen molar-refractivity contribution in [2.45, 2.75) is 13.5 Å². The number of benzene rings is 2. The number of fused-ring (bicyclic) bond motifs is 1. The molecule has 11 nitrogen and oxygen atoms in total. The van der Waals surface area contributed by atoms with E-state index in [2.05, 4.69) is 48.4 Å². The predicted molar refractivity (Wildman–Crippen MR) is 130 cm³/mol. The first-order chi connectivity index (χ1) is 16.0. The van der Waals surface area contributed by atoms with Crippen LogP contribution in [0.15, 0.2) is 46.1 Å². The summed E-state index contributed by atoms with van der Waals surface area (Å²) in [5.41, 5.74) is 10.8. The van der Waals surface area contributed by atoms with Crippen LogP contribution in [-0.2, 0) is 11.3 Å². The quantitative estimate of drug-likeness (QED) is 0.190. The Morgan fingerprint density at radius 3 is 2.88 bits per heavy atom. The molecule has 0 aliphatic rings. The van der Waals surface area contributed by atoms with Crippen molar-refractivity contribution < 1.29 is 18.9 Å². The van der Waals surface area contributed by atoms with Gasteiger partial charge in [-0.2, -0.15) is 5.10 Å². The van der Waals surface area contributed by atoms with Gasteiger partial charge in [-0.3, -0.25) is 4.79 Å². The van der Waals surface area contributed by atoms with E-state index >= 15 is 0 Å². The van der Waals surface area contributed by atoms with Gasteiger partial charge in [-0.25, -0.2) is 15.0 Å².